The molecule has 0 saturated carbocycles. The number of amides is 2. The Morgan fingerprint density at radius 2 is 1.56 bits per heavy atom. The molecule has 0 aliphatic rings. The minimum Gasteiger partial charge on any atom is -0.494 e. The number of hydrogen-bond donors (Lipinski definition) is 1. The molecule has 0 aliphatic carbocycles. The van der Waals surface area contributed by atoms with E-state index in [0.717, 1.165) is 9.87 Å². The van der Waals surface area contributed by atoms with Gasteiger partial charge in [0.1, 0.15) is 18.3 Å². The number of carbonyl (C=O) groups excluding carboxylic acids is 2. The number of hydrogen-bond acceptors (Lipinski definition) is 5. The zero-order valence-corrected chi connectivity index (χ0v) is 23.9. The Kier molecular flexibility index (Phi) is 10.8. The summed E-state index contributed by atoms with van der Waals surface area (Å²) in [6.07, 6.45) is 0.349. The van der Waals surface area contributed by atoms with Gasteiger partial charge in [0.25, 0.3) is 10.0 Å². The number of likely N-dealkylation sites (N-methyl/N-ethyl adjacent to an activating group) is 1. The number of carbonyl (C=O) groups is 2. The van der Waals surface area contributed by atoms with Crippen molar-refractivity contribution in [2.75, 3.05) is 24.0 Å². The quantitative estimate of drug-likeness (QED) is 0.315. The molecule has 39 heavy (non-hydrogen) atoms. The number of rotatable bonds is 13. The Hall–Kier alpha value is -3.56. The van der Waals surface area contributed by atoms with Gasteiger partial charge in [-0.2, -0.15) is 0 Å². The smallest absolute Gasteiger partial charge is 0.264 e. The van der Waals surface area contributed by atoms with Gasteiger partial charge in [0.05, 0.1) is 17.2 Å². The molecule has 1 N–H and O–H groups in total. The van der Waals surface area contributed by atoms with E-state index in [9.17, 15) is 18.0 Å². The van der Waals surface area contributed by atoms with Crippen LogP contribution in [-0.2, 0) is 26.2 Å². The maximum Gasteiger partial charge on any atom is 0.264 e. The first-order chi connectivity index (χ1) is 18.7. The molecule has 0 spiro atoms. The van der Waals surface area contributed by atoms with Crippen molar-refractivity contribution in [1.82, 2.24) is 10.2 Å². The lowest BCUT2D eigenvalue weighted by molar-refractivity contribution is -0.140. The van der Waals surface area contributed by atoms with E-state index in [1.54, 1.807) is 73.7 Å². The molecule has 208 valence electrons. The Bertz CT molecular complexity index is 1330. The topological polar surface area (TPSA) is 96.0 Å². The van der Waals surface area contributed by atoms with Gasteiger partial charge in [-0.1, -0.05) is 48.9 Å². The predicted molar refractivity (Wildman–Crippen MR) is 153 cm³/mol. The van der Waals surface area contributed by atoms with Crippen molar-refractivity contribution < 1.29 is 22.7 Å². The normalized spacial score (nSPS) is 11.9. The van der Waals surface area contributed by atoms with Crippen LogP contribution in [0.15, 0.2) is 83.8 Å². The molecular weight excluding hydrogens is 538 g/mol. The van der Waals surface area contributed by atoms with Crippen molar-refractivity contribution in [3.8, 4) is 5.75 Å². The first-order valence-electron chi connectivity index (χ1n) is 12.8. The van der Waals surface area contributed by atoms with Crippen LogP contribution in [0.1, 0.15) is 32.8 Å². The van der Waals surface area contributed by atoms with E-state index in [4.69, 9.17) is 16.3 Å². The van der Waals surface area contributed by atoms with Crippen molar-refractivity contribution in [2.24, 2.45) is 0 Å². The number of halogens is 1. The molecule has 0 heterocycles. The molecule has 0 aromatic heterocycles. The van der Waals surface area contributed by atoms with Crippen LogP contribution < -0.4 is 14.4 Å². The highest BCUT2D eigenvalue weighted by molar-refractivity contribution is 7.92. The van der Waals surface area contributed by atoms with Crippen LogP contribution in [0.5, 0.6) is 5.75 Å². The van der Waals surface area contributed by atoms with E-state index in [2.05, 4.69) is 5.32 Å². The molecule has 8 nitrogen and oxygen atoms in total. The number of benzene rings is 3. The summed E-state index contributed by atoms with van der Waals surface area (Å²) >= 11 is 6.04. The predicted octanol–water partition coefficient (Wildman–Crippen LogP) is 4.88. The van der Waals surface area contributed by atoms with E-state index in [-0.39, 0.29) is 17.3 Å². The number of ether oxygens (including phenoxy) is 1. The fourth-order valence-electron chi connectivity index (χ4n) is 4.12. The Balaban J connectivity index is 2.01. The minimum absolute atomic E-state index is 0.0163. The molecule has 0 bridgehead atoms. The highest BCUT2D eigenvalue weighted by atomic mass is 35.5. The standard InChI is InChI=1S/C29H34ClN3O5S/c1-4-27(29(35)31-5-2)32(20-22-12-14-23(30)15-13-22)28(34)21-33(24-10-8-7-9-11-24)39(36,37)26-18-16-25(17-19-26)38-6-3/h7-19,27H,4-6,20-21H2,1-3H3,(H,31,35)/t27-/m0/s1. The number of anilines is 1. The highest BCUT2D eigenvalue weighted by Crippen LogP contribution is 2.26. The zero-order chi connectivity index (χ0) is 28.4. The van der Waals surface area contributed by atoms with Gasteiger partial charge in [-0.3, -0.25) is 13.9 Å². The fourth-order valence-corrected chi connectivity index (χ4v) is 5.66. The Labute approximate surface area is 235 Å². The van der Waals surface area contributed by atoms with E-state index in [0.29, 0.717) is 36.0 Å². The Morgan fingerprint density at radius 3 is 2.13 bits per heavy atom. The average Bonchev–Trinajstić information content (AvgIpc) is 2.93. The van der Waals surface area contributed by atoms with Crippen LogP contribution in [0.3, 0.4) is 0 Å². The van der Waals surface area contributed by atoms with Crippen LogP contribution in [0.4, 0.5) is 5.69 Å². The van der Waals surface area contributed by atoms with Crippen molar-refractivity contribution in [3.63, 3.8) is 0 Å². The molecule has 1 atom stereocenters. The van der Waals surface area contributed by atoms with Crippen molar-refractivity contribution in [2.45, 2.75) is 44.7 Å². The lowest BCUT2D eigenvalue weighted by atomic mass is 10.1. The van der Waals surface area contributed by atoms with Crippen LogP contribution in [0.25, 0.3) is 0 Å². The molecule has 3 aromatic carbocycles. The third-order valence-electron chi connectivity index (χ3n) is 6.05. The average molecular weight is 572 g/mol. The van der Waals surface area contributed by atoms with Crippen molar-refractivity contribution in [3.05, 3.63) is 89.4 Å². The van der Waals surface area contributed by atoms with Gasteiger partial charge in [0.15, 0.2) is 0 Å². The molecule has 2 amide bonds. The van der Waals surface area contributed by atoms with Crippen LogP contribution in [0.2, 0.25) is 5.02 Å². The summed E-state index contributed by atoms with van der Waals surface area (Å²) < 4.78 is 34.2. The van der Waals surface area contributed by atoms with Gasteiger partial charge < -0.3 is 15.0 Å². The van der Waals surface area contributed by atoms with Crippen LogP contribution in [0, 0.1) is 0 Å². The SMILES string of the molecule is CCNC(=O)[C@H](CC)N(Cc1ccc(Cl)cc1)C(=O)CN(c1ccccc1)S(=O)(=O)c1ccc(OCC)cc1. The van der Waals surface area contributed by atoms with Gasteiger partial charge in [-0.15, -0.1) is 0 Å². The van der Waals surface area contributed by atoms with E-state index >= 15 is 0 Å². The molecule has 0 fully saturated rings. The minimum atomic E-state index is -4.14. The van der Waals surface area contributed by atoms with Gasteiger partial charge >= 0.3 is 0 Å². The monoisotopic (exact) mass is 571 g/mol. The van der Waals surface area contributed by atoms with Crippen LogP contribution >= 0.6 is 11.6 Å². The van der Waals surface area contributed by atoms with Crippen molar-refractivity contribution >= 4 is 39.1 Å². The summed E-state index contributed by atoms with van der Waals surface area (Å²) in [4.78, 5) is 28.3. The second kappa shape index (κ2) is 14.0. The van der Waals surface area contributed by atoms with Gasteiger partial charge in [0.2, 0.25) is 11.8 Å². The molecule has 3 aromatic rings. The summed E-state index contributed by atoms with van der Waals surface area (Å²) in [6.45, 7) is 5.92. The first-order valence-corrected chi connectivity index (χ1v) is 14.6. The Morgan fingerprint density at radius 1 is 0.923 bits per heavy atom. The summed E-state index contributed by atoms with van der Waals surface area (Å²) in [6, 6.07) is 20.7. The molecule has 0 aliphatic heterocycles. The van der Waals surface area contributed by atoms with Crippen molar-refractivity contribution in [1.29, 1.82) is 0 Å². The van der Waals surface area contributed by atoms with E-state index in [1.165, 1.54) is 17.0 Å². The maximum atomic E-state index is 13.9. The number of nitrogens with one attached hydrogen (secondary N) is 1. The van der Waals surface area contributed by atoms with Crippen LogP contribution in [-0.4, -0.2) is 50.9 Å². The molecule has 3 rings (SSSR count). The summed E-state index contributed by atoms with van der Waals surface area (Å²) in [7, 11) is -4.14. The van der Waals surface area contributed by atoms with Gasteiger partial charge in [-0.25, -0.2) is 8.42 Å². The second-order valence-corrected chi connectivity index (χ2v) is 11.0. The number of sulfonamides is 1. The fraction of sp³-hybridized carbons (Fsp3) is 0.310. The lowest BCUT2D eigenvalue weighted by Gasteiger charge is -2.33. The number of nitrogens with zero attached hydrogens (tertiary/aromatic N) is 2. The maximum absolute atomic E-state index is 13.9. The largest absolute Gasteiger partial charge is 0.494 e. The second-order valence-electron chi connectivity index (χ2n) is 8.72. The van der Waals surface area contributed by atoms with E-state index < -0.39 is 28.5 Å². The zero-order valence-electron chi connectivity index (χ0n) is 22.3. The third-order valence-corrected chi connectivity index (χ3v) is 8.09. The highest BCUT2D eigenvalue weighted by Gasteiger charge is 2.33. The number of para-hydroxylation sites is 1. The van der Waals surface area contributed by atoms with Gasteiger partial charge in [0, 0.05) is 18.1 Å². The molecule has 0 unspecified atom stereocenters. The van der Waals surface area contributed by atoms with E-state index in [1.807, 2.05) is 13.8 Å². The summed E-state index contributed by atoms with van der Waals surface area (Å²) in [5, 5.41) is 3.33. The summed E-state index contributed by atoms with van der Waals surface area (Å²) in [5.74, 6) is -0.273. The first kappa shape index (κ1) is 30.0. The molecule has 0 radical (unpaired) electrons. The summed E-state index contributed by atoms with van der Waals surface area (Å²) in [5.41, 5.74) is 1.09. The lowest BCUT2D eigenvalue weighted by Crippen LogP contribution is -2.52. The molecule has 10 heteroatoms. The van der Waals surface area contributed by atoms with Gasteiger partial charge in [-0.05, 0) is 74.4 Å². The molecular formula is C29H34ClN3O5S. The molecule has 0 saturated heterocycles. The third kappa shape index (κ3) is 7.74.